The molecule has 12 heavy (non-hydrogen) atoms. The first-order valence-electron chi connectivity index (χ1n) is 4.67. The summed E-state index contributed by atoms with van der Waals surface area (Å²) < 4.78 is 5.74. The maximum absolute atomic E-state index is 5.91. The van der Waals surface area contributed by atoms with Crippen LogP contribution in [0.2, 0.25) is 0 Å². The van der Waals surface area contributed by atoms with Crippen molar-refractivity contribution in [3.05, 3.63) is 0 Å². The fraction of sp³-hybridized carbons (Fsp3) is 1.00. The van der Waals surface area contributed by atoms with Crippen molar-refractivity contribution in [3.63, 3.8) is 0 Å². The van der Waals surface area contributed by atoms with Gasteiger partial charge in [-0.25, -0.2) is 0 Å². The van der Waals surface area contributed by atoms with E-state index in [1.54, 1.807) is 0 Å². The van der Waals surface area contributed by atoms with Crippen LogP contribution in [-0.4, -0.2) is 18.1 Å². The Morgan fingerprint density at radius 3 is 2.17 bits per heavy atom. The molecule has 0 radical (unpaired) electrons. The van der Waals surface area contributed by atoms with Gasteiger partial charge in [-0.05, 0) is 33.6 Å². The zero-order valence-corrected chi connectivity index (χ0v) is 9.08. The quantitative estimate of drug-likeness (QED) is 0.621. The molecule has 0 bridgehead atoms. The highest BCUT2D eigenvalue weighted by Crippen LogP contribution is 2.42. The van der Waals surface area contributed by atoms with Gasteiger partial charge in [0, 0.05) is 11.3 Å². The summed E-state index contributed by atoms with van der Waals surface area (Å²) in [5, 5.41) is 0. The molecule has 2 heteroatoms. The molecule has 1 nitrogen and oxygen atoms in total. The average molecular weight is 191 g/mol. The fourth-order valence-corrected chi connectivity index (χ4v) is 1.71. The maximum Gasteiger partial charge on any atom is 0.0598 e. The number of rotatable bonds is 3. The van der Waals surface area contributed by atoms with Crippen molar-refractivity contribution >= 4 is 11.6 Å². The molecular weight excluding hydrogens is 172 g/mol. The van der Waals surface area contributed by atoms with Gasteiger partial charge >= 0.3 is 0 Å². The summed E-state index contributed by atoms with van der Waals surface area (Å²) >= 11 is 5.91. The predicted molar refractivity (Wildman–Crippen MR) is 52.7 cm³/mol. The summed E-state index contributed by atoms with van der Waals surface area (Å²) in [6.07, 6.45) is 3.80. The Morgan fingerprint density at radius 1 is 1.33 bits per heavy atom. The molecule has 0 amide bonds. The van der Waals surface area contributed by atoms with Crippen LogP contribution in [0.4, 0.5) is 0 Å². The van der Waals surface area contributed by atoms with E-state index in [0.29, 0.717) is 5.41 Å². The number of hydrogen-bond acceptors (Lipinski definition) is 1. The molecule has 1 aliphatic rings. The summed E-state index contributed by atoms with van der Waals surface area (Å²) in [7, 11) is 0. The second-order valence-corrected chi connectivity index (χ2v) is 5.16. The molecule has 0 heterocycles. The first-order chi connectivity index (χ1) is 5.47. The Kier molecular flexibility index (Phi) is 3.06. The highest BCUT2D eigenvalue weighted by Gasteiger charge is 2.37. The Hall–Kier alpha value is 0.250. The van der Waals surface area contributed by atoms with Crippen LogP contribution in [-0.2, 0) is 4.74 Å². The van der Waals surface area contributed by atoms with E-state index >= 15 is 0 Å². The van der Waals surface area contributed by atoms with E-state index in [2.05, 4.69) is 20.8 Å². The van der Waals surface area contributed by atoms with Crippen molar-refractivity contribution in [1.82, 2.24) is 0 Å². The van der Waals surface area contributed by atoms with Crippen LogP contribution in [0.5, 0.6) is 0 Å². The molecule has 0 saturated heterocycles. The van der Waals surface area contributed by atoms with Gasteiger partial charge in [0.25, 0.3) is 0 Å². The van der Waals surface area contributed by atoms with Crippen molar-refractivity contribution in [2.75, 3.05) is 12.5 Å². The zero-order chi connectivity index (χ0) is 9.24. The number of hydrogen-bond donors (Lipinski definition) is 0. The van der Waals surface area contributed by atoms with E-state index in [4.69, 9.17) is 16.3 Å². The van der Waals surface area contributed by atoms with Gasteiger partial charge in [0.1, 0.15) is 0 Å². The molecule has 0 atom stereocenters. The van der Waals surface area contributed by atoms with Crippen LogP contribution in [0.15, 0.2) is 0 Å². The first-order valence-corrected chi connectivity index (χ1v) is 5.21. The monoisotopic (exact) mass is 190 g/mol. The van der Waals surface area contributed by atoms with E-state index in [-0.39, 0.29) is 5.60 Å². The molecular formula is C10H19ClO. The van der Waals surface area contributed by atoms with Crippen molar-refractivity contribution < 1.29 is 4.74 Å². The normalized spacial score (nSPS) is 22.0. The summed E-state index contributed by atoms with van der Waals surface area (Å²) in [5.41, 5.74) is 0.295. The van der Waals surface area contributed by atoms with Crippen LogP contribution in [0.3, 0.4) is 0 Å². The Morgan fingerprint density at radius 2 is 1.92 bits per heavy atom. The second-order valence-electron chi connectivity index (χ2n) is 4.89. The van der Waals surface area contributed by atoms with Crippen LogP contribution < -0.4 is 0 Å². The molecule has 1 saturated carbocycles. The van der Waals surface area contributed by atoms with E-state index in [0.717, 1.165) is 12.5 Å². The van der Waals surface area contributed by atoms with Gasteiger partial charge in [-0.2, -0.15) is 0 Å². The minimum Gasteiger partial charge on any atom is -0.375 e. The molecule has 0 aromatic carbocycles. The lowest BCUT2D eigenvalue weighted by atomic mass is 9.71. The average Bonchev–Trinajstić information content (AvgIpc) is 1.84. The molecule has 0 aromatic rings. The molecule has 0 N–H and O–H groups in total. The van der Waals surface area contributed by atoms with Gasteiger partial charge in [-0.1, -0.05) is 6.42 Å². The van der Waals surface area contributed by atoms with Crippen LogP contribution in [0.25, 0.3) is 0 Å². The largest absolute Gasteiger partial charge is 0.375 e. The molecule has 0 aromatic heterocycles. The second kappa shape index (κ2) is 3.55. The predicted octanol–water partition coefficient (Wildman–Crippen LogP) is 3.21. The molecule has 1 rings (SSSR count). The van der Waals surface area contributed by atoms with Gasteiger partial charge < -0.3 is 4.74 Å². The molecule has 1 fully saturated rings. The number of halogens is 1. The minimum atomic E-state index is -0.0192. The van der Waals surface area contributed by atoms with Gasteiger partial charge in [-0.3, -0.25) is 0 Å². The lowest BCUT2D eigenvalue weighted by Crippen LogP contribution is -2.39. The highest BCUT2D eigenvalue weighted by atomic mass is 35.5. The Balaban J connectivity index is 2.30. The van der Waals surface area contributed by atoms with Gasteiger partial charge in [-0.15, -0.1) is 11.6 Å². The van der Waals surface area contributed by atoms with E-state index < -0.39 is 0 Å². The smallest absolute Gasteiger partial charge is 0.0598 e. The van der Waals surface area contributed by atoms with E-state index in [9.17, 15) is 0 Å². The summed E-state index contributed by atoms with van der Waals surface area (Å²) in [6, 6.07) is 0. The minimum absolute atomic E-state index is 0.0192. The Labute approximate surface area is 80.4 Å². The van der Waals surface area contributed by atoms with Crippen LogP contribution >= 0.6 is 11.6 Å². The van der Waals surface area contributed by atoms with Crippen molar-refractivity contribution in [2.45, 2.75) is 45.6 Å². The van der Waals surface area contributed by atoms with Gasteiger partial charge in [0.2, 0.25) is 0 Å². The SMILES string of the molecule is CC(C)(C)OCC1(CCl)CCC1. The summed E-state index contributed by atoms with van der Waals surface area (Å²) in [5.74, 6) is 0.753. The first kappa shape index (κ1) is 10.3. The summed E-state index contributed by atoms with van der Waals surface area (Å²) in [6.45, 7) is 7.11. The maximum atomic E-state index is 5.91. The van der Waals surface area contributed by atoms with Crippen molar-refractivity contribution in [1.29, 1.82) is 0 Å². The fourth-order valence-electron chi connectivity index (χ4n) is 1.36. The standard InChI is InChI=1S/C10H19ClO/c1-9(2,3)12-8-10(7-11)5-4-6-10/h4-8H2,1-3H3. The lowest BCUT2D eigenvalue weighted by molar-refractivity contribution is -0.0694. The molecule has 0 spiro atoms. The highest BCUT2D eigenvalue weighted by molar-refractivity contribution is 6.18. The third-order valence-electron chi connectivity index (χ3n) is 2.51. The number of ether oxygens (including phenoxy) is 1. The molecule has 72 valence electrons. The summed E-state index contributed by atoms with van der Waals surface area (Å²) in [4.78, 5) is 0. The lowest BCUT2D eigenvalue weighted by Gasteiger charge is -2.41. The van der Waals surface area contributed by atoms with Gasteiger partial charge in [0.15, 0.2) is 0 Å². The van der Waals surface area contributed by atoms with Crippen LogP contribution in [0, 0.1) is 5.41 Å². The van der Waals surface area contributed by atoms with Crippen LogP contribution in [0.1, 0.15) is 40.0 Å². The third kappa shape index (κ3) is 2.63. The topological polar surface area (TPSA) is 9.23 Å². The van der Waals surface area contributed by atoms with Crippen molar-refractivity contribution in [3.8, 4) is 0 Å². The van der Waals surface area contributed by atoms with E-state index in [1.807, 2.05) is 0 Å². The van der Waals surface area contributed by atoms with Gasteiger partial charge in [0.05, 0.1) is 12.2 Å². The van der Waals surface area contributed by atoms with E-state index in [1.165, 1.54) is 19.3 Å². The molecule has 0 unspecified atom stereocenters. The molecule has 0 aliphatic heterocycles. The zero-order valence-electron chi connectivity index (χ0n) is 8.32. The van der Waals surface area contributed by atoms with Crippen molar-refractivity contribution in [2.24, 2.45) is 5.41 Å². The molecule has 1 aliphatic carbocycles. The number of alkyl halides is 1. The Bertz CT molecular complexity index is 139. The third-order valence-corrected chi connectivity index (χ3v) is 3.08.